The van der Waals surface area contributed by atoms with Crippen LogP contribution in [0.25, 0.3) is 21.3 Å². The van der Waals surface area contributed by atoms with Crippen LogP contribution < -0.4 is 15.0 Å². The fraction of sp³-hybridized carbons (Fsp3) is 0.250. The van der Waals surface area contributed by atoms with Crippen LogP contribution >= 0.6 is 11.3 Å². The van der Waals surface area contributed by atoms with Gasteiger partial charge < -0.3 is 19.9 Å². The molecule has 0 bridgehead atoms. The van der Waals surface area contributed by atoms with Gasteiger partial charge in [-0.05, 0) is 32.3 Å². The molecule has 2 aromatic heterocycles. The third-order valence-electron chi connectivity index (χ3n) is 5.44. The first-order valence-electron chi connectivity index (χ1n) is 11.2. The maximum atomic E-state index is 14.1. The van der Waals surface area contributed by atoms with Crippen molar-refractivity contribution in [1.82, 2.24) is 25.1 Å². The van der Waals surface area contributed by atoms with Crippen molar-refractivity contribution in [2.75, 3.05) is 51.6 Å². The maximum Gasteiger partial charge on any atom is 0.294 e. The lowest BCUT2D eigenvalue weighted by molar-refractivity contribution is -0.384. The van der Waals surface area contributed by atoms with Crippen LogP contribution in [0, 0.1) is 15.9 Å². The van der Waals surface area contributed by atoms with E-state index in [-0.39, 0.29) is 17.5 Å². The average molecular weight is 525 g/mol. The molecular formula is C24H25FN8O3S. The molecule has 0 fully saturated rings. The topological polar surface area (TPSA) is 122 Å². The number of rotatable bonds is 10. The minimum absolute atomic E-state index is 0.0839. The second-order valence-corrected chi connectivity index (χ2v) is 9.28. The van der Waals surface area contributed by atoms with E-state index >= 15 is 0 Å². The molecule has 0 radical (unpaired) electrons. The molecule has 0 saturated carbocycles. The van der Waals surface area contributed by atoms with Gasteiger partial charge in [0.25, 0.3) is 5.69 Å². The van der Waals surface area contributed by atoms with Crippen LogP contribution in [0.4, 0.5) is 27.4 Å². The van der Waals surface area contributed by atoms with Gasteiger partial charge in [0.1, 0.15) is 22.9 Å². The molecule has 4 rings (SSSR count). The normalized spacial score (nSPS) is 11.0. The molecule has 0 unspecified atom stereocenters. The Kier molecular flexibility index (Phi) is 7.84. The lowest BCUT2D eigenvalue weighted by Crippen LogP contribution is -2.28. The van der Waals surface area contributed by atoms with E-state index in [4.69, 9.17) is 4.74 Å². The summed E-state index contributed by atoms with van der Waals surface area (Å²) in [4.78, 5) is 24.0. The van der Waals surface area contributed by atoms with Gasteiger partial charge in [-0.15, -0.1) is 10.2 Å². The van der Waals surface area contributed by atoms with Crippen LogP contribution in [-0.4, -0.2) is 71.3 Å². The molecule has 37 heavy (non-hydrogen) atoms. The Hall–Kier alpha value is -4.23. The minimum atomic E-state index is -0.436. The number of aromatic nitrogens is 4. The second kappa shape index (κ2) is 11.2. The zero-order chi connectivity index (χ0) is 26.5. The van der Waals surface area contributed by atoms with Gasteiger partial charge in [0.15, 0.2) is 10.0 Å². The van der Waals surface area contributed by atoms with Gasteiger partial charge in [-0.2, -0.15) is 0 Å². The fourth-order valence-corrected chi connectivity index (χ4v) is 4.32. The number of nitrogens with one attached hydrogen (secondary N) is 1. The summed E-state index contributed by atoms with van der Waals surface area (Å²) in [6, 6.07) is 11.0. The molecule has 4 aromatic rings. The van der Waals surface area contributed by atoms with Crippen LogP contribution in [0.5, 0.6) is 5.75 Å². The Bertz CT molecular complexity index is 1410. The summed E-state index contributed by atoms with van der Waals surface area (Å²) in [5.74, 6) is 0.185. The third-order valence-corrected chi connectivity index (χ3v) is 6.42. The molecule has 2 heterocycles. The predicted molar refractivity (Wildman–Crippen MR) is 141 cm³/mol. The molecule has 192 valence electrons. The molecule has 0 amide bonds. The molecule has 13 heteroatoms. The van der Waals surface area contributed by atoms with Crippen LogP contribution in [0.1, 0.15) is 0 Å². The van der Waals surface area contributed by atoms with Crippen LogP contribution in [0.15, 0.2) is 48.7 Å². The van der Waals surface area contributed by atoms with E-state index in [0.29, 0.717) is 44.9 Å². The predicted octanol–water partition coefficient (Wildman–Crippen LogP) is 4.46. The van der Waals surface area contributed by atoms with Crippen molar-refractivity contribution in [1.29, 1.82) is 0 Å². The Morgan fingerprint density at radius 1 is 1.11 bits per heavy atom. The Morgan fingerprint density at radius 2 is 1.86 bits per heavy atom. The molecule has 11 nitrogen and oxygen atoms in total. The van der Waals surface area contributed by atoms with Crippen LogP contribution in [-0.2, 0) is 0 Å². The van der Waals surface area contributed by atoms with Gasteiger partial charge in [0.2, 0.25) is 5.95 Å². The fourth-order valence-electron chi connectivity index (χ4n) is 3.48. The molecule has 2 aromatic carbocycles. The van der Waals surface area contributed by atoms with E-state index in [1.807, 2.05) is 23.9 Å². The minimum Gasteiger partial charge on any atom is -0.494 e. The van der Waals surface area contributed by atoms with E-state index in [9.17, 15) is 14.5 Å². The highest BCUT2D eigenvalue weighted by molar-refractivity contribution is 7.17. The first-order valence-corrected chi connectivity index (χ1v) is 12.0. The molecule has 1 N–H and O–H groups in total. The highest BCUT2D eigenvalue weighted by Crippen LogP contribution is 2.39. The number of benzene rings is 2. The van der Waals surface area contributed by atoms with Gasteiger partial charge in [0.05, 0.1) is 17.7 Å². The number of nitrogens with zero attached hydrogens (tertiary/aromatic N) is 7. The zero-order valence-corrected chi connectivity index (χ0v) is 21.5. The summed E-state index contributed by atoms with van der Waals surface area (Å²) >= 11 is 1.19. The first-order chi connectivity index (χ1) is 17.8. The largest absolute Gasteiger partial charge is 0.494 e. The Morgan fingerprint density at radius 3 is 2.57 bits per heavy atom. The number of nitro groups is 1. The average Bonchev–Trinajstić information content (AvgIpc) is 3.37. The standard InChI is InChI=1S/C24H25FN8O3S/c1-31(2)11-12-32(3)19-14-21(36-4)18(13-20(19)33(34)35)28-24-26-10-9-17(27-24)23-30-29-22(37-23)15-7-5-6-8-16(15)25/h5-10,13-14H,11-12H2,1-4H3,(H,26,27,28). The smallest absolute Gasteiger partial charge is 0.294 e. The second-order valence-electron chi connectivity index (χ2n) is 8.31. The van der Waals surface area contributed by atoms with E-state index in [0.717, 1.165) is 6.54 Å². The highest BCUT2D eigenvalue weighted by atomic mass is 32.1. The van der Waals surface area contributed by atoms with Crippen molar-refractivity contribution < 1.29 is 14.1 Å². The lowest BCUT2D eigenvalue weighted by atomic mass is 10.2. The van der Waals surface area contributed by atoms with Crippen molar-refractivity contribution in [3.8, 4) is 27.0 Å². The number of likely N-dealkylation sites (N-methyl/N-ethyl adjacent to an activating group) is 2. The molecule has 0 spiro atoms. The SMILES string of the molecule is COc1cc(N(C)CCN(C)C)c([N+](=O)[O-])cc1Nc1nccc(-c2nnc(-c3ccccc3F)s2)n1. The van der Waals surface area contributed by atoms with Crippen molar-refractivity contribution in [2.24, 2.45) is 0 Å². The lowest BCUT2D eigenvalue weighted by Gasteiger charge is -2.22. The van der Waals surface area contributed by atoms with Gasteiger partial charge in [0, 0.05) is 44.0 Å². The molecular weight excluding hydrogens is 499 g/mol. The third kappa shape index (κ3) is 5.95. The zero-order valence-electron chi connectivity index (χ0n) is 20.7. The van der Waals surface area contributed by atoms with Crippen LogP contribution in [0.3, 0.4) is 0 Å². The number of hydrogen-bond donors (Lipinski definition) is 1. The van der Waals surface area contributed by atoms with Gasteiger partial charge in [-0.3, -0.25) is 10.1 Å². The van der Waals surface area contributed by atoms with Crippen molar-refractivity contribution in [3.63, 3.8) is 0 Å². The summed E-state index contributed by atoms with van der Waals surface area (Å²) in [5.41, 5.74) is 1.50. The molecule has 0 aliphatic heterocycles. The molecule has 0 atom stereocenters. The van der Waals surface area contributed by atoms with Crippen molar-refractivity contribution >= 4 is 34.3 Å². The maximum absolute atomic E-state index is 14.1. The number of methoxy groups -OCH3 is 1. The molecule has 0 aliphatic rings. The number of nitro benzene ring substituents is 1. The summed E-state index contributed by atoms with van der Waals surface area (Å²) < 4.78 is 19.7. The number of hydrogen-bond acceptors (Lipinski definition) is 11. The van der Waals surface area contributed by atoms with Gasteiger partial charge in [-0.25, -0.2) is 14.4 Å². The number of halogens is 1. The van der Waals surface area contributed by atoms with E-state index in [1.165, 1.54) is 36.8 Å². The van der Waals surface area contributed by atoms with Gasteiger partial charge in [-0.1, -0.05) is 23.5 Å². The van der Waals surface area contributed by atoms with Crippen LogP contribution in [0.2, 0.25) is 0 Å². The summed E-state index contributed by atoms with van der Waals surface area (Å²) in [6.45, 7) is 1.31. The monoisotopic (exact) mass is 524 g/mol. The van der Waals surface area contributed by atoms with E-state index in [1.54, 1.807) is 37.4 Å². The Balaban J connectivity index is 1.63. The van der Waals surface area contributed by atoms with E-state index in [2.05, 4.69) is 25.5 Å². The number of anilines is 3. The summed E-state index contributed by atoms with van der Waals surface area (Å²) in [5, 5.41) is 24.0. The summed E-state index contributed by atoms with van der Waals surface area (Å²) in [7, 11) is 7.15. The van der Waals surface area contributed by atoms with E-state index < -0.39 is 4.92 Å². The molecule has 0 aliphatic carbocycles. The van der Waals surface area contributed by atoms with Gasteiger partial charge >= 0.3 is 0 Å². The molecule has 0 saturated heterocycles. The quantitative estimate of drug-likeness (QED) is 0.235. The highest BCUT2D eigenvalue weighted by Gasteiger charge is 2.22. The van der Waals surface area contributed by atoms with Crippen molar-refractivity contribution in [3.05, 3.63) is 64.6 Å². The van der Waals surface area contributed by atoms with Crippen molar-refractivity contribution in [2.45, 2.75) is 0 Å². The number of ether oxygens (including phenoxy) is 1. The first kappa shape index (κ1) is 25.9. The summed E-state index contributed by atoms with van der Waals surface area (Å²) in [6.07, 6.45) is 1.53. The Labute approximate surface area is 216 Å².